The summed E-state index contributed by atoms with van der Waals surface area (Å²) in [4.78, 5) is 24.4. The number of ether oxygens (including phenoxy) is 1. The zero-order valence-corrected chi connectivity index (χ0v) is 15.6. The maximum Gasteiger partial charge on any atom is 0.268 e. The van der Waals surface area contributed by atoms with Crippen molar-refractivity contribution in [2.24, 2.45) is 0 Å². The number of aromatic nitrogens is 3. The number of anilines is 1. The molecule has 2 aromatic heterocycles. The molecule has 1 saturated heterocycles. The van der Waals surface area contributed by atoms with E-state index in [4.69, 9.17) is 4.74 Å². The SMILES string of the molecule is O=C(CCCn1sc2ccccc2c1=O)Nc1nnc([C@@H]2CCCO2)s1. The minimum Gasteiger partial charge on any atom is -0.371 e. The Labute approximate surface area is 157 Å². The molecule has 136 valence electrons. The fourth-order valence-corrected chi connectivity index (χ4v) is 4.79. The number of benzene rings is 1. The van der Waals surface area contributed by atoms with Gasteiger partial charge in [-0.05, 0) is 31.4 Å². The van der Waals surface area contributed by atoms with E-state index in [1.54, 1.807) is 3.96 Å². The Morgan fingerprint density at radius 3 is 3.04 bits per heavy atom. The van der Waals surface area contributed by atoms with E-state index in [9.17, 15) is 9.59 Å². The van der Waals surface area contributed by atoms with Gasteiger partial charge in [0.25, 0.3) is 5.56 Å². The van der Waals surface area contributed by atoms with Crippen LogP contribution in [-0.4, -0.2) is 26.7 Å². The standard InChI is InChI=1S/C17H18N4O3S2/c22-14(18-17-20-19-15(25-17)12-6-4-10-24-12)8-3-9-21-16(23)11-5-1-2-7-13(11)26-21/h1-2,5,7,12H,3-4,6,8-10H2,(H,18,20,22)/t12-/m0/s1. The molecule has 3 aromatic rings. The monoisotopic (exact) mass is 390 g/mol. The van der Waals surface area contributed by atoms with E-state index >= 15 is 0 Å². The molecule has 1 aliphatic heterocycles. The molecule has 0 bridgehead atoms. The van der Waals surface area contributed by atoms with Crippen molar-refractivity contribution in [3.05, 3.63) is 39.6 Å². The molecule has 26 heavy (non-hydrogen) atoms. The third kappa shape index (κ3) is 3.69. The lowest BCUT2D eigenvalue weighted by molar-refractivity contribution is -0.116. The lowest BCUT2D eigenvalue weighted by Crippen LogP contribution is -2.16. The number of aryl methyl sites for hydroxylation is 1. The molecular formula is C17H18N4O3S2. The van der Waals surface area contributed by atoms with Gasteiger partial charge in [-0.3, -0.25) is 13.5 Å². The first-order chi connectivity index (χ1) is 12.7. The summed E-state index contributed by atoms with van der Waals surface area (Å²) < 4.78 is 8.25. The largest absolute Gasteiger partial charge is 0.371 e. The Morgan fingerprint density at radius 2 is 2.23 bits per heavy atom. The van der Waals surface area contributed by atoms with E-state index in [-0.39, 0.29) is 17.6 Å². The number of carbonyl (C=O) groups is 1. The number of rotatable bonds is 6. The number of fused-ring (bicyclic) bond motifs is 1. The van der Waals surface area contributed by atoms with Gasteiger partial charge in [-0.2, -0.15) is 0 Å². The highest BCUT2D eigenvalue weighted by Gasteiger charge is 2.22. The fraction of sp³-hybridized carbons (Fsp3) is 0.412. The van der Waals surface area contributed by atoms with Crippen molar-refractivity contribution in [3.63, 3.8) is 0 Å². The van der Waals surface area contributed by atoms with Gasteiger partial charge in [0, 0.05) is 19.6 Å². The van der Waals surface area contributed by atoms with E-state index in [1.807, 2.05) is 24.3 Å². The molecule has 0 spiro atoms. The molecule has 0 saturated carbocycles. The third-order valence-electron chi connectivity index (χ3n) is 4.21. The minimum atomic E-state index is -0.116. The number of nitrogens with one attached hydrogen (secondary N) is 1. The van der Waals surface area contributed by atoms with E-state index in [0.29, 0.717) is 24.5 Å². The second-order valence-corrected chi connectivity index (χ2v) is 8.17. The average Bonchev–Trinajstić information content (AvgIpc) is 3.36. The fourth-order valence-electron chi connectivity index (χ4n) is 2.92. The number of hydrogen-bond donors (Lipinski definition) is 1. The van der Waals surface area contributed by atoms with E-state index in [1.165, 1.54) is 22.9 Å². The summed E-state index contributed by atoms with van der Waals surface area (Å²) in [5.41, 5.74) is 0.0105. The Hall–Kier alpha value is -2.10. The van der Waals surface area contributed by atoms with Gasteiger partial charge < -0.3 is 10.1 Å². The van der Waals surface area contributed by atoms with E-state index in [0.717, 1.165) is 34.5 Å². The highest BCUT2D eigenvalue weighted by atomic mass is 32.1. The molecule has 4 rings (SSSR count). The maximum absolute atomic E-state index is 12.3. The smallest absolute Gasteiger partial charge is 0.268 e. The summed E-state index contributed by atoms with van der Waals surface area (Å²) in [7, 11) is 0. The highest BCUT2D eigenvalue weighted by Crippen LogP contribution is 2.31. The molecule has 0 aliphatic carbocycles. The molecule has 3 heterocycles. The molecule has 1 aliphatic rings. The highest BCUT2D eigenvalue weighted by molar-refractivity contribution is 7.15. The first-order valence-electron chi connectivity index (χ1n) is 8.54. The van der Waals surface area contributed by atoms with Crippen molar-refractivity contribution in [3.8, 4) is 0 Å². The van der Waals surface area contributed by atoms with Crippen LogP contribution in [0.15, 0.2) is 29.1 Å². The zero-order chi connectivity index (χ0) is 17.9. The quantitative estimate of drug-likeness (QED) is 0.699. The van der Waals surface area contributed by atoms with Gasteiger partial charge in [-0.25, -0.2) is 0 Å². The molecule has 0 radical (unpaired) electrons. The van der Waals surface area contributed by atoms with E-state index < -0.39 is 0 Å². The molecular weight excluding hydrogens is 372 g/mol. The lowest BCUT2D eigenvalue weighted by atomic mass is 10.2. The van der Waals surface area contributed by atoms with Crippen LogP contribution in [0.2, 0.25) is 0 Å². The number of amides is 1. The van der Waals surface area contributed by atoms with Gasteiger partial charge in [0.05, 0.1) is 10.1 Å². The Kier molecular flexibility index (Phi) is 5.09. The van der Waals surface area contributed by atoms with Crippen molar-refractivity contribution in [1.82, 2.24) is 14.2 Å². The molecule has 7 nitrogen and oxygen atoms in total. The summed E-state index contributed by atoms with van der Waals surface area (Å²) >= 11 is 2.80. The summed E-state index contributed by atoms with van der Waals surface area (Å²) in [6.45, 7) is 1.28. The van der Waals surface area contributed by atoms with Gasteiger partial charge in [0.1, 0.15) is 11.1 Å². The van der Waals surface area contributed by atoms with Crippen LogP contribution in [0.3, 0.4) is 0 Å². The maximum atomic E-state index is 12.3. The molecule has 0 unspecified atom stereocenters. The zero-order valence-electron chi connectivity index (χ0n) is 14.0. The molecule has 9 heteroatoms. The van der Waals surface area contributed by atoms with Crippen molar-refractivity contribution >= 4 is 44.0 Å². The van der Waals surface area contributed by atoms with Crippen molar-refractivity contribution < 1.29 is 9.53 Å². The molecule has 1 amide bonds. The average molecular weight is 390 g/mol. The van der Waals surface area contributed by atoms with Crippen LogP contribution in [0.5, 0.6) is 0 Å². The Bertz CT molecular complexity index is 972. The van der Waals surface area contributed by atoms with Gasteiger partial charge in [-0.15, -0.1) is 10.2 Å². The molecule has 1 fully saturated rings. The van der Waals surface area contributed by atoms with Crippen LogP contribution in [0.25, 0.3) is 10.1 Å². The summed E-state index contributed by atoms with van der Waals surface area (Å²) in [6, 6.07) is 7.55. The van der Waals surface area contributed by atoms with Crippen LogP contribution in [0, 0.1) is 0 Å². The van der Waals surface area contributed by atoms with Crippen LogP contribution in [0.4, 0.5) is 5.13 Å². The Morgan fingerprint density at radius 1 is 1.35 bits per heavy atom. The van der Waals surface area contributed by atoms with Gasteiger partial charge in [0.15, 0.2) is 0 Å². The van der Waals surface area contributed by atoms with Crippen molar-refractivity contribution in [1.29, 1.82) is 0 Å². The van der Waals surface area contributed by atoms with Crippen LogP contribution < -0.4 is 10.9 Å². The predicted molar refractivity (Wildman–Crippen MR) is 102 cm³/mol. The van der Waals surface area contributed by atoms with Gasteiger partial charge >= 0.3 is 0 Å². The minimum absolute atomic E-state index is 0.0105. The summed E-state index contributed by atoms with van der Waals surface area (Å²) in [6.07, 6.45) is 2.92. The molecule has 1 atom stereocenters. The molecule has 1 N–H and O–H groups in total. The number of nitrogens with zero attached hydrogens (tertiary/aromatic N) is 3. The Balaban J connectivity index is 1.30. The number of carbonyl (C=O) groups excluding carboxylic acids is 1. The van der Waals surface area contributed by atoms with Crippen LogP contribution in [-0.2, 0) is 16.1 Å². The lowest BCUT2D eigenvalue weighted by Gasteiger charge is -2.03. The third-order valence-corrected chi connectivity index (χ3v) is 6.26. The first-order valence-corrected chi connectivity index (χ1v) is 10.1. The molecule has 1 aromatic carbocycles. The number of hydrogen-bond acceptors (Lipinski definition) is 7. The van der Waals surface area contributed by atoms with Crippen molar-refractivity contribution in [2.45, 2.75) is 38.3 Å². The van der Waals surface area contributed by atoms with Crippen molar-refractivity contribution in [2.75, 3.05) is 11.9 Å². The second kappa shape index (κ2) is 7.65. The first kappa shape index (κ1) is 17.3. The second-order valence-electron chi connectivity index (χ2n) is 6.09. The van der Waals surface area contributed by atoms with E-state index in [2.05, 4.69) is 15.5 Å². The summed E-state index contributed by atoms with van der Waals surface area (Å²) in [5.74, 6) is -0.116. The van der Waals surface area contributed by atoms with Gasteiger partial charge in [0.2, 0.25) is 11.0 Å². The summed E-state index contributed by atoms with van der Waals surface area (Å²) in [5, 5.41) is 12.9. The topological polar surface area (TPSA) is 86.1 Å². The predicted octanol–water partition coefficient (Wildman–Crippen LogP) is 3.18. The van der Waals surface area contributed by atoms with Gasteiger partial charge in [-0.1, -0.05) is 35.0 Å². The van der Waals surface area contributed by atoms with Crippen LogP contribution >= 0.6 is 22.9 Å². The van der Waals surface area contributed by atoms with Crippen LogP contribution in [0.1, 0.15) is 36.8 Å². The normalized spacial score (nSPS) is 17.0.